The molecule has 0 aliphatic heterocycles. The minimum atomic E-state index is 0.251. The summed E-state index contributed by atoms with van der Waals surface area (Å²) < 4.78 is 10.6. The lowest BCUT2D eigenvalue weighted by atomic mass is 10.1. The van der Waals surface area contributed by atoms with Crippen LogP contribution in [0.15, 0.2) is 18.2 Å². The lowest BCUT2D eigenvalue weighted by Crippen LogP contribution is -2.18. The SMILES string of the molecule is COc1ccc(OC)c([C@@H]2C[C@H]2[C@@H](C)N)c1. The molecule has 3 nitrogen and oxygen atoms in total. The van der Waals surface area contributed by atoms with Gasteiger partial charge < -0.3 is 15.2 Å². The molecule has 2 N–H and O–H groups in total. The molecule has 1 aliphatic carbocycles. The van der Waals surface area contributed by atoms with Crippen LogP contribution in [0.5, 0.6) is 11.5 Å². The Morgan fingerprint density at radius 1 is 1.31 bits per heavy atom. The highest BCUT2D eigenvalue weighted by Gasteiger charge is 2.42. The number of ether oxygens (including phenoxy) is 2. The second-order valence-electron chi connectivity index (χ2n) is 4.47. The Kier molecular flexibility index (Phi) is 3.06. The quantitative estimate of drug-likeness (QED) is 0.847. The Morgan fingerprint density at radius 2 is 2.06 bits per heavy atom. The Hall–Kier alpha value is -1.22. The molecule has 16 heavy (non-hydrogen) atoms. The van der Waals surface area contributed by atoms with Crippen LogP contribution < -0.4 is 15.2 Å². The first kappa shape index (κ1) is 11.3. The van der Waals surface area contributed by atoms with Crippen LogP contribution in [-0.4, -0.2) is 20.3 Å². The summed E-state index contributed by atoms with van der Waals surface area (Å²) >= 11 is 0. The van der Waals surface area contributed by atoms with E-state index in [1.54, 1.807) is 14.2 Å². The summed E-state index contributed by atoms with van der Waals surface area (Å²) in [6, 6.07) is 6.20. The van der Waals surface area contributed by atoms with Crippen molar-refractivity contribution >= 4 is 0 Å². The van der Waals surface area contributed by atoms with Crippen molar-refractivity contribution in [3.8, 4) is 11.5 Å². The van der Waals surface area contributed by atoms with Gasteiger partial charge in [-0.25, -0.2) is 0 Å². The molecule has 0 bridgehead atoms. The molecule has 0 heterocycles. The fraction of sp³-hybridized carbons (Fsp3) is 0.538. The molecule has 2 rings (SSSR count). The number of methoxy groups -OCH3 is 2. The van der Waals surface area contributed by atoms with Crippen molar-refractivity contribution in [2.24, 2.45) is 11.7 Å². The highest BCUT2D eigenvalue weighted by Crippen LogP contribution is 2.52. The molecule has 3 atom stereocenters. The molecule has 3 heteroatoms. The number of benzene rings is 1. The molecule has 1 aromatic carbocycles. The third kappa shape index (κ3) is 2.00. The highest BCUT2D eigenvalue weighted by atomic mass is 16.5. The first-order valence-corrected chi connectivity index (χ1v) is 5.65. The van der Waals surface area contributed by atoms with Crippen LogP contribution in [0.1, 0.15) is 24.8 Å². The summed E-state index contributed by atoms with van der Waals surface area (Å²) in [5.41, 5.74) is 7.14. The maximum absolute atomic E-state index is 5.92. The van der Waals surface area contributed by atoms with E-state index in [1.807, 2.05) is 12.1 Å². The standard InChI is InChI=1S/C13H19NO2/c1-8(14)10-7-11(10)12-6-9(15-2)4-5-13(12)16-3/h4-6,8,10-11H,7,14H2,1-3H3/t8-,10+,11-/m1/s1. The van der Waals surface area contributed by atoms with E-state index >= 15 is 0 Å². The predicted octanol–water partition coefficient (Wildman–Crippen LogP) is 2.15. The molecule has 1 saturated carbocycles. The number of nitrogens with two attached hydrogens (primary N) is 1. The molecule has 0 amide bonds. The average molecular weight is 221 g/mol. The van der Waals surface area contributed by atoms with E-state index in [9.17, 15) is 0 Å². The second-order valence-corrected chi connectivity index (χ2v) is 4.47. The van der Waals surface area contributed by atoms with Crippen molar-refractivity contribution in [2.45, 2.75) is 25.3 Å². The maximum atomic E-state index is 5.92. The molecule has 0 aromatic heterocycles. The summed E-state index contributed by atoms with van der Waals surface area (Å²) in [6.07, 6.45) is 1.15. The third-order valence-electron chi connectivity index (χ3n) is 3.35. The van der Waals surface area contributed by atoms with Gasteiger partial charge in [0.15, 0.2) is 0 Å². The van der Waals surface area contributed by atoms with Gasteiger partial charge in [0.1, 0.15) is 11.5 Å². The average Bonchev–Trinajstić information content (AvgIpc) is 3.08. The Morgan fingerprint density at radius 3 is 2.56 bits per heavy atom. The molecule has 1 aromatic rings. The zero-order valence-electron chi connectivity index (χ0n) is 10.1. The van der Waals surface area contributed by atoms with E-state index in [-0.39, 0.29) is 6.04 Å². The van der Waals surface area contributed by atoms with Crippen molar-refractivity contribution < 1.29 is 9.47 Å². The molecule has 88 valence electrons. The van der Waals surface area contributed by atoms with E-state index in [0.29, 0.717) is 11.8 Å². The normalized spacial score (nSPS) is 25.0. The Balaban J connectivity index is 2.25. The van der Waals surface area contributed by atoms with Crippen LogP contribution in [0.4, 0.5) is 0 Å². The first-order chi connectivity index (χ1) is 7.67. The monoisotopic (exact) mass is 221 g/mol. The van der Waals surface area contributed by atoms with Gasteiger partial charge in [0.25, 0.3) is 0 Å². The number of hydrogen-bond donors (Lipinski definition) is 1. The largest absolute Gasteiger partial charge is 0.497 e. The van der Waals surface area contributed by atoms with Crippen LogP contribution in [0.2, 0.25) is 0 Å². The molecule has 0 unspecified atom stereocenters. The van der Waals surface area contributed by atoms with Crippen LogP contribution in [0, 0.1) is 5.92 Å². The zero-order chi connectivity index (χ0) is 11.7. The zero-order valence-corrected chi connectivity index (χ0v) is 10.1. The first-order valence-electron chi connectivity index (χ1n) is 5.65. The molecule has 0 radical (unpaired) electrons. The van der Waals surface area contributed by atoms with Gasteiger partial charge in [-0.2, -0.15) is 0 Å². The highest BCUT2D eigenvalue weighted by molar-refractivity contribution is 5.45. The summed E-state index contributed by atoms with van der Waals surface area (Å²) in [5.74, 6) is 2.94. The Labute approximate surface area is 96.5 Å². The van der Waals surface area contributed by atoms with Crippen molar-refractivity contribution in [1.29, 1.82) is 0 Å². The van der Waals surface area contributed by atoms with E-state index in [1.165, 1.54) is 5.56 Å². The fourth-order valence-corrected chi connectivity index (χ4v) is 2.28. The summed E-state index contributed by atoms with van der Waals surface area (Å²) in [5, 5.41) is 0. The van der Waals surface area contributed by atoms with Gasteiger partial charge >= 0.3 is 0 Å². The molecule has 1 fully saturated rings. The van der Waals surface area contributed by atoms with E-state index < -0.39 is 0 Å². The summed E-state index contributed by atoms with van der Waals surface area (Å²) in [6.45, 7) is 2.07. The fourth-order valence-electron chi connectivity index (χ4n) is 2.28. The topological polar surface area (TPSA) is 44.5 Å². The van der Waals surface area contributed by atoms with Crippen molar-refractivity contribution in [1.82, 2.24) is 0 Å². The van der Waals surface area contributed by atoms with Gasteiger partial charge in [-0.15, -0.1) is 0 Å². The lowest BCUT2D eigenvalue weighted by molar-refractivity contribution is 0.398. The Bertz CT molecular complexity index is 376. The summed E-state index contributed by atoms with van der Waals surface area (Å²) in [7, 11) is 3.39. The smallest absolute Gasteiger partial charge is 0.122 e. The molecular formula is C13H19NO2. The van der Waals surface area contributed by atoms with E-state index in [4.69, 9.17) is 15.2 Å². The van der Waals surface area contributed by atoms with Crippen molar-refractivity contribution in [3.05, 3.63) is 23.8 Å². The van der Waals surface area contributed by atoms with Crippen LogP contribution in [-0.2, 0) is 0 Å². The van der Waals surface area contributed by atoms with Gasteiger partial charge in [0.2, 0.25) is 0 Å². The number of rotatable bonds is 4. The van der Waals surface area contributed by atoms with Crippen LogP contribution in [0.25, 0.3) is 0 Å². The molecular weight excluding hydrogens is 202 g/mol. The molecule has 0 spiro atoms. The van der Waals surface area contributed by atoms with Gasteiger partial charge in [-0.1, -0.05) is 0 Å². The minimum absolute atomic E-state index is 0.251. The lowest BCUT2D eigenvalue weighted by Gasteiger charge is -2.11. The maximum Gasteiger partial charge on any atom is 0.122 e. The van der Waals surface area contributed by atoms with Gasteiger partial charge in [-0.05, 0) is 43.4 Å². The third-order valence-corrected chi connectivity index (χ3v) is 3.35. The van der Waals surface area contributed by atoms with Gasteiger partial charge in [0, 0.05) is 11.6 Å². The van der Waals surface area contributed by atoms with Crippen molar-refractivity contribution in [3.63, 3.8) is 0 Å². The van der Waals surface area contributed by atoms with E-state index in [2.05, 4.69) is 13.0 Å². The summed E-state index contributed by atoms with van der Waals surface area (Å²) in [4.78, 5) is 0. The van der Waals surface area contributed by atoms with E-state index in [0.717, 1.165) is 17.9 Å². The van der Waals surface area contributed by atoms with Crippen molar-refractivity contribution in [2.75, 3.05) is 14.2 Å². The van der Waals surface area contributed by atoms with Crippen LogP contribution in [0.3, 0.4) is 0 Å². The van der Waals surface area contributed by atoms with Gasteiger partial charge in [0.05, 0.1) is 14.2 Å². The molecule has 1 aliphatic rings. The number of hydrogen-bond acceptors (Lipinski definition) is 3. The second kappa shape index (κ2) is 4.34. The molecule has 0 saturated heterocycles. The van der Waals surface area contributed by atoms with Crippen LogP contribution >= 0.6 is 0 Å². The van der Waals surface area contributed by atoms with Gasteiger partial charge in [-0.3, -0.25) is 0 Å². The minimum Gasteiger partial charge on any atom is -0.497 e. The predicted molar refractivity (Wildman–Crippen MR) is 64.0 cm³/mol.